The molecule has 0 radical (unpaired) electrons. The number of carbonyl (C=O) groups is 2. The van der Waals surface area contributed by atoms with E-state index in [2.05, 4.69) is 0 Å². The fourth-order valence-electron chi connectivity index (χ4n) is 1.85. The van der Waals surface area contributed by atoms with E-state index < -0.39 is 0 Å². The summed E-state index contributed by atoms with van der Waals surface area (Å²) in [7, 11) is 0. The van der Waals surface area contributed by atoms with E-state index in [1.54, 1.807) is 4.90 Å². The predicted octanol–water partition coefficient (Wildman–Crippen LogP) is 0.977. The van der Waals surface area contributed by atoms with Gasteiger partial charge in [0.25, 0.3) is 0 Å². The van der Waals surface area contributed by atoms with Crippen LogP contribution in [0, 0.1) is 0 Å². The number of rotatable bonds is 4. The van der Waals surface area contributed by atoms with Gasteiger partial charge in [0.05, 0.1) is 13.1 Å². The highest BCUT2D eigenvalue weighted by atomic mass is 16.5. The third-order valence-electron chi connectivity index (χ3n) is 3.02. The minimum absolute atomic E-state index is 0.0435. The van der Waals surface area contributed by atoms with Crippen molar-refractivity contribution in [2.24, 2.45) is 0 Å². The van der Waals surface area contributed by atoms with Gasteiger partial charge in [0, 0.05) is 6.04 Å². The van der Waals surface area contributed by atoms with Crippen molar-refractivity contribution in [3.63, 3.8) is 0 Å². The van der Waals surface area contributed by atoms with Gasteiger partial charge in [-0.2, -0.15) is 0 Å². The lowest BCUT2D eigenvalue weighted by Gasteiger charge is -2.31. The first-order valence-corrected chi connectivity index (χ1v) is 6.24. The Morgan fingerprint density at radius 2 is 2.16 bits per heavy atom. The van der Waals surface area contributed by atoms with Gasteiger partial charge in [0.2, 0.25) is 0 Å². The van der Waals surface area contributed by atoms with Crippen LogP contribution in [0.4, 0.5) is 0 Å². The number of carbonyl (C=O) groups excluding carboxylic acids is 2. The Morgan fingerprint density at radius 3 is 2.89 bits per heavy atom. The van der Waals surface area contributed by atoms with Gasteiger partial charge in [-0.25, -0.2) is 0 Å². The molecule has 0 bridgehead atoms. The maximum Gasteiger partial charge on any atom is 0.320 e. The molecule has 19 heavy (non-hydrogen) atoms. The second kappa shape index (κ2) is 6.33. The zero-order chi connectivity index (χ0) is 13.7. The zero-order valence-electron chi connectivity index (χ0n) is 10.9. The average Bonchev–Trinajstić information content (AvgIpc) is 2.42. The molecule has 0 N–H and O–H groups in total. The molecule has 0 aliphatic carbocycles. The zero-order valence-corrected chi connectivity index (χ0v) is 10.9. The quantitative estimate of drug-likeness (QED) is 0.758. The molecule has 1 fully saturated rings. The van der Waals surface area contributed by atoms with Crippen molar-refractivity contribution in [3.05, 3.63) is 35.9 Å². The van der Waals surface area contributed by atoms with Gasteiger partial charge >= 0.3 is 11.9 Å². The lowest BCUT2D eigenvalue weighted by Crippen LogP contribution is -2.48. The highest BCUT2D eigenvalue weighted by Gasteiger charge is 2.26. The second-order valence-electron chi connectivity index (χ2n) is 4.58. The first-order chi connectivity index (χ1) is 9.15. The molecule has 102 valence electrons. The number of morpholine rings is 1. The Hall–Kier alpha value is -1.88. The van der Waals surface area contributed by atoms with Crippen molar-refractivity contribution in [3.8, 4) is 0 Å². The number of benzene rings is 1. The first kappa shape index (κ1) is 13.5. The number of cyclic esters (lactones) is 1. The normalized spacial score (nSPS) is 19.8. The monoisotopic (exact) mass is 263 g/mol. The Balaban J connectivity index is 1.79. The molecule has 1 saturated heterocycles. The van der Waals surface area contributed by atoms with Crippen LogP contribution in [0.15, 0.2) is 30.3 Å². The van der Waals surface area contributed by atoms with Crippen LogP contribution >= 0.6 is 0 Å². The van der Waals surface area contributed by atoms with Crippen molar-refractivity contribution < 1.29 is 19.1 Å². The molecule has 1 aromatic rings. The Labute approximate surface area is 112 Å². The van der Waals surface area contributed by atoms with Crippen LogP contribution in [0.3, 0.4) is 0 Å². The van der Waals surface area contributed by atoms with Crippen LogP contribution < -0.4 is 0 Å². The Bertz CT molecular complexity index is 446. The van der Waals surface area contributed by atoms with Crippen molar-refractivity contribution in [2.75, 3.05) is 19.7 Å². The molecule has 2 rings (SSSR count). The van der Waals surface area contributed by atoms with Crippen LogP contribution in [-0.4, -0.2) is 42.6 Å². The van der Waals surface area contributed by atoms with Gasteiger partial charge in [-0.15, -0.1) is 0 Å². The lowest BCUT2D eigenvalue weighted by atomic mass is 10.2. The molecule has 0 unspecified atom stereocenters. The summed E-state index contributed by atoms with van der Waals surface area (Å²) >= 11 is 0. The minimum atomic E-state index is -0.328. The Morgan fingerprint density at radius 1 is 1.42 bits per heavy atom. The van der Waals surface area contributed by atoms with E-state index in [0.717, 1.165) is 5.56 Å². The SMILES string of the molecule is C[C@H]1COC(=O)CN1CC(=O)OCc1ccccc1. The van der Waals surface area contributed by atoms with Gasteiger partial charge in [-0.1, -0.05) is 30.3 Å². The van der Waals surface area contributed by atoms with Gasteiger partial charge in [-0.05, 0) is 12.5 Å². The number of ether oxygens (including phenoxy) is 2. The molecule has 1 aliphatic heterocycles. The van der Waals surface area contributed by atoms with E-state index in [1.165, 1.54) is 0 Å². The molecule has 1 aromatic carbocycles. The maximum atomic E-state index is 11.7. The summed E-state index contributed by atoms with van der Waals surface area (Å²) < 4.78 is 10.1. The summed E-state index contributed by atoms with van der Waals surface area (Å²) in [5.41, 5.74) is 0.946. The van der Waals surface area contributed by atoms with Crippen molar-refractivity contribution >= 4 is 11.9 Å². The minimum Gasteiger partial charge on any atom is -0.463 e. The van der Waals surface area contributed by atoms with E-state index in [9.17, 15) is 9.59 Å². The number of nitrogens with zero attached hydrogens (tertiary/aromatic N) is 1. The summed E-state index contributed by atoms with van der Waals surface area (Å²) in [6.45, 7) is 2.75. The molecule has 0 saturated carbocycles. The standard InChI is InChI=1S/C14H17NO4/c1-11-9-18-13(16)7-15(11)8-14(17)19-10-12-5-3-2-4-6-12/h2-6,11H,7-10H2,1H3/t11-/m0/s1. The van der Waals surface area contributed by atoms with Crippen LogP contribution in [0.25, 0.3) is 0 Å². The van der Waals surface area contributed by atoms with E-state index in [-0.39, 0.29) is 37.7 Å². The smallest absolute Gasteiger partial charge is 0.320 e. The number of hydrogen-bond acceptors (Lipinski definition) is 5. The maximum absolute atomic E-state index is 11.7. The van der Waals surface area contributed by atoms with Crippen molar-refractivity contribution in [1.29, 1.82) is 0 Å². The summed E-state index contributed by atoms with van der Waals surface area (Å²) in [5.74, 6) is -0.626. The summed E-state index contributed by atoms with van der Waals surface area (Å²) in [5, 5.41) is 0. The highest BCUT2D eigenvalue weighted by Crippen LogP contribution is 2.08. The van der Waals surface area contributed by atoms with Crippen molar-refractivity contribution in [2.45, 2.75) is 19.6 Å². The molecule has 0 aromatic heterocycles. The van der Waals surface area contributed by atoms with E-state index in [4.69, 9.17) is 9.47 Å². The van der Waals surface area contributed by atoms with Crippen LogP contribution in [0.2, 0.25) is 0 Å². The van der Waals surface area contributed by atoms with Crippen molar-refractivity contribution in [1.82, 2.24) is 4.90 Å². The third kappa shape index (κ3) is 4.06. The highest BCUT2D eigenvalue weighted by molar-refractivity contribution is 5.75. The molecular weight excluding hydrogens is 246 g/mol. The molecule has 0 spiro atoms. The van der Waals surface area contributed by atoms with E-state index >= 15 is 0 Å². The summed E-state index contributed by atoms with van der Waals surface area (Å²) in [4.78, 5) is 24.6. The molecule has 1 aliphatic rings. The summed E-state index contributed by atoms with van der Waals surface area (Å²) in [6.07, 6.45) is 0. The number of esters is 2. The third-order valence-corrected chi connectivity index (χ3v) is 3.02. The largest absolute Gasteiger partial charge is 0.463 e. The second-order valence-corrected chi connectivity index (χ2v) is 4.58. The molecule has 5 nitrogen and oxygen atoms in total. The molecule has 1 atom stereocenters. The fraction of sp³-hybridized carbons (Fsp3) is 0.429. The van der Waals surface area contributed by atoms with E-state index in [1.807, 2.05) is 37.3 Å². The van der Waals surface area contributed by atoms with Gasteiger partial charge in [0.15, 0.2) is 0 Å². The molecule has 0 amide bonds. The van der Waals surface area contributed by atoms with E-state index in [0.29, 0.717) is 6.61 Å². The average molecular weight is 263 g/mol. The summed E-state index contributed by atoms with van der Waals surface area (Å²) in [6, 6.07) is 9.54. The fourth-order valence-corrected chi connectivity index (χ4v) is 1.85. The lowest BCUT2D eigenvalue weighted by molar-refractivity contribution is -0.158. The van der Waals surface area contributed by atoms with Gasteiger partial charge < -0.3 is 9.47 Å². The topological polar surface area (TPSA) is 55.8 Å². The molecular formula is C14H17NO4. The molecule has 5 heteroatoms. The number of hydrogen-bond donors (Lipinski definition) is 0. The predicted molar refractivity (Wildman–Crippen MR) is 68.2 cm³/mol. The van der Waals surface area contributed by atoms with Gasteiger partial charge in [-0.3, -0.25) is 14.5 Å². The van der Waals surface area contributed by atoms with Crippen LogP contribution in [0.5, 0.6) is 0 Å². The van der Waals surface area contributed by atoms with Crippen LogP contribution in [-0.2, 0) is 25.7 Å². The van der Waals surface area contributed by atoms with Crippen LogP contribution in [0.1, 0.15) is 12.5 Å². The van der Waals surface area contributed by atoms with Gasteiger partial charge in [0.1, 0.15) is 13.2 Å². The molecule has 1 heterocycles. The Kier molecular flexibility index (Phi) is 4.52. The first-order valence-electron chi connectivity index (χ1n) is 6.24.